The largest absolute Gasteiger partial charge is 0.466 e. The Kier molecular flexibility index (Phi) is 4.64. The predicted octanol–water partition coefficient (Wildman–Crippen LogP) is 3.27. The van der Waals surface area contributed by atoms with E-state index in [0.717, 1.165) is 31.4 Å². The Morgan fingerprint density at radius 3 is 2.89 bits per heavy atom. The first-order valence-electron chi connectivity index (χ1n) is 6.68. The molecule has 0 aromatic carbocycles. The molecule has 0 amide bonds. The van der Waals surface area contributed by atoms with Crippen molar-refractivity contribution in [2.24, 2.45) is 5.41 Å². The summed E-state index contributed by atoms with van der Waals surface area (Å²) >= 11 is 6.05. The first-order chi connectivity index (χ1) is 9.18. The second-order valence-corrected chi connectivity index (χ2v) is 5.32. The third-order valence-electron chi connectivity index (χ3n) is 3.66. The molecular formula is C14H19ClN2O2. The Hall–Kier alpha value is -1.29. The highest BCUT2D eigenvalue weighted by Crippen LogP contribution is 2.39. The number of aromatic nitrogens is 1. The van der Waals surface area contributed by atoms with Crippen LogP contribution in [-0.2, 0) is 9.53 Å². The number of pyridine rings is 1. The van der Waals surface area contributed by atoms with Crippen molar-refractivity contribution in [3.05, 3.63) is 23.5 Å². The summed E-state index contributed by atoms with van der Waals surface area (Å²) in [6, 6.07) is 1.82. The van der Waals surface area contributed by atoms with Crippen molar-refractivity contribution in [1.82, 2.24) is 4.98 Å². The number of esters is 1. The number of carbonyl (C=O) groups is 1. The molecule has 0 saturated heterocycles. The van der Waals surface area contributed by atoms with Gasteiger partial charge in [0.05, 0.1) is 22.7 Å². The van der Waals surface area contributed by atoms with Crippen molar-refractivity contribution in [3.8, 4) is 0 Å². The molecule has 0 aliphatic heterocycles. The Morgan fingerprint density at radius 1 is 1.53 bits per heavy atom. The van der Waals surface area contributed by atoms with Gasteiger partial charge in [-0.15, -0.1) is 0 Å². The summed E-state index contributed by atoms with van der Waals surface area (Å²) in [6.45, 7) is 2.83. The van der Waals surface area contributed by atoms with Crippen molar-refractivity contribution in [1.29, 1.82) is 0 Å². The van der Waals surface area contributed by atoms with Crippen LogP contribution in [0.2, 0.25) is 5.02 Å². The summed E-state index contributed by atoms with van der Waals surface area (Å²) in [7, 11) is 0. The molecule has 1 aliphatic rings. The molecule has 1 aliphatic carbocycles. The molecule has 1 fully saturated rings. The summed E-state index contributed by atoms with van der Waals surface area (Å²) in [5, 5.41) is 3.83. The minimum atomic E-state index is -0.400. The maximum Gasteiger partial charge on any atom is 0.313 e. The van der Waals surface area contributed by atoms with Crippen LogP contribution in [0, 0.1) is 5.41 Å². The second-order valence-electron chi connectivity index (χ2n) is 4.92. The topological polar surface area (TPSA) is 51.2 Å². The Morgan fingerprint density at radius 2 is 2.26 bits per heavy atom. The number of anilines is 1. The maximum absolute atomic E-state index is 12.2. The average Bonchev–Trinajstić information content (AvgIpc) is 2.88. The van der Waals surface area contributed by atoms with Gasteiger partial charge < -0.3 is 10.1 Å². The van der Waals surface area contributed by atoms with Crippen LogP contribution in [0.3, 0.4) is 0 Å². The van der Waals surface area contributed by atoms with E-state index in [4.69, 9.17) is 16.3 Å². The lowest BCUT2D eigenvalue weighted by Gasteiger charge is -2.27. The molecule has 0 unspecified atom stereocenters. The number of nitrogens with zero attached hydrogens (tertiary/aromatic N) is 1. The summed E-state index contributed by atoms with van der Waals surface area (Å²) in [5.41, 5.74) is 0.412. The summed E-state index contributed by atoms with van der Waals surface area (Å²) in [4.78, 5) is 16.1. The quantitative estimate of drug-likeness (QED) is 0.842. The van der Waals surface area contributed by atoms with E-state index < -0.39 is 5.41 Å². The molecular weight excluding hydrogens is 264 g/mol. The maximum atomic E-state index is 12.2. The van der Waals surface area contributed by atoms with E-state index in [2.05, 4.69) is 10.3 Å². The minimum Gasteiger partial charge on any atom is -0.466 e. The van der Waals surface area contributed by atoms with Crippen molar-refractivity contribution < 1.29 is 9.53 Å². The van der Waals surface area contributed by atoms with Gasteiger partial charge in [0.15, 0.2) is 0 Å². The van der Waals surface area contributed by atoms with Gasteiger partial charge in [0, 0.05) is 18.9 Å². The number of hydrogen-bond acceptors (Lipinski definition) is 4. The highest BCUT2D eigenvalue weighted by Gasteiger charge is 2.42. The van der Waals surface area contributed by atoms with Gasteiger partial charge in [0.25, 0.3) is 0 Å². The molecule has 0 spiro atoms. The van der Waals surface area contributed by atoms with E-state index in [1.54, 1.807) is 12.4 Å². The Balaban J connectivity index is 2.06. The van der Waals surface area contributed by atoms with Gasteiger partial charge >= 0.3 is 5.97 Å². The summed E-state index contributed by atoms with van der Waals surface area (Å²) in [5.74, 6) is -0.0924. The fraction of sp³-hybridized carbons (Fsp3) is 0.571. The van der Waals surface area contributed by atoms with Gasteiger partial charge in [-0.1, -0.05) is 24.4 Å². The number of carbonyl (C=O) groups excluding carboxylic acids is 1. The van der Waals surface area contributed by atoms with Gasteiger partial charge in [0.1, 0.15) is 0 Å². The Bertz CT molecular complexity index is 445. The van der Waals surface area contributed by atoms with Crippen LogP contribution in [0.4, 0.5) is 5.69 Å². The molecule has 4 nitrogen and oxygen atoms in total. The normalized spacial score (nSPS) is 17.2. The van der Waals surface area contributed by atoms with E-state index >= 15 is 0 Å². The highest BCUT2D eigenvalue weighted by atomic mass is 35.5. The molecule has 2 rings (SSSR count). The lowest BCUT2D eigenvalue weighted by Crippen LogP contribution is -2.37. The molecule has 1 heterocycles. The zero-order valence-corrected chi connectivity index (χ0v) is 11.9. The third-order valence-corrected chi connectivity index (χ3v) is 3.96. The van der Waals surface area contributed by atoms with Crippen molar-refractivity contribution >= 4 is 23.3 Å². The summed E-state index contributed by atoms with van der Waals surface area (Å²) < 4.78 is 5.22. The van der Waals surface area contributed by atoms with Crippen molar-refractivity contribution in [2.75, 3.05) is 18.5 Å². The van der Waals surface area contributed by atoms with E-state index in [1.807, 2.05) is 13.0 Å². The predicted molar refractivity (Wildman–Crippen MR) is 75.3 cm³/mol. The van der Waals surface area contributed by atoms with E-state index in [1.165, 1.54) is 0 Å². The van der Waals surface area contributed by atoms with Crippen molar-refractivity contribution in [3.63, 3.8) is 0 Å². The second kappa shape index (κ2) is 6.24. The zero-order chi connectivity index (χ0) is 13.7. The molecule has 5 heteroatoms. The molecule has 104 valence electrons. The van der Waals surface area contributed by atoms with Crippen LogP contribution < -0.4 is 5.32 Å². The van der Waals surface area contributed by atoms with Crippen molar-refractivity contribution in [2.45, 2.75) is 32.6 Å². The Labute approximate surface area is 118 Å². The van der Waals surface area contributed by atoms with E-state index in [9.17, 15) is 4.79 Å². The fourth-order valence-electron chi connectivity index (χ4n) is 2.57. The fourth-order valence-corrected chi connectivity index (χ4v) is 2.76. The smallest absolute Gasteiger partial charge is 0.313 e. The van der Waals surface area contributed by atoms with Gasteiger partial charge in [-0.05, 0) is 25.8 Å². The molecule has 1 aromatic rings. The van der Waals surface area contributed by atoms with Crippen LogP contribution in [0.25, 0.3) is 0 Å². The van der Waals surface area contributed by atoms with Gasteiger partial charge in [-0.2, -0.15) is 0 Å². The van der Waals surface area contributed by atoms with E-state index in [0.29, 0.717) is 18.2 Å². The highest BCUT2D eigenvalue weighted by molar-refractivity contribution is 6.33. The van der Waals surface area contributed by atoms with E-state index in [-0.39, 0.29) is 5.97 Å². The van der Waals surface area contributed by atoms with Crippen LogP contribution in [0.15, 0.2) is 18.5 Å². The number of hydrogen-bond donors (Lipinski definition) is 1. The van der Waals surface area contributed by atoms with Gasteiger partial charge in [0.2, 0.25) is 0 Å². The van der Waals surface area contributed by atoms with Crippen LogP contribution in [0.1, 0.15) is 32.6 Å². The SMILES string of the molecule is CCOC(=O)C1(CNc2ccncc2Cl)CCCC1. The number of ether oxygens (including phenoxy) is 1. The minimum absolute atomic E-state index is 0.0924. The monoisotopic (exact) mass is 282 g/mol. The van der Waals surface area contributed by atoms with Crippen LogP contribution >= 0.6 is 11.6 Å². The molecule has 1 N–H and O–H groups in total. The van der Waals surface area contributed by atoms with Crippen LogP contribution in [0.5, 0.6) is 0 Å². The third kappa shape index (κ3) is 3.18. The van der Waals surface area contributed by atoms with Crippen LogP contribution in [-0.4, -0.2) is 24.1 Å². The molecule has 1 aromatic heterocycles. The lowest BCUT2D eigenvalue weighted by molar-refractivity contribution is -0.154. The van der Waals surface area contributed by atoms with Gasteiger partial charge in [-0.25, -0.2) is 0 Å². The molecule has 0 atom stereocenters. The lowest BCUT2D eigenvalue weighted by atomic mass is 9.86. The average molecular weight is 283 g/mol. The standard InChI is InChI=1S/C14H19ClN2O2/c1-2-19-13(18)14(6-3-4-7-14)10-17-12-5-8-16-9-11(12)15/h5,8-9H,2-4,6-7,10H2,1H3,(H,16,17). The molecule has 19 heavy (non-hydrogen) atoms. The molecule has 0 bridgehead atoms. The zero-order valence-electron chi connectivity index (χ0n) is 11.1. The first kappa shape index (κ1) is 14.1. The first-order valence-corrected chi connectivity index (χ1v) is 7.06. The molecule has 0 radical (unpaired) electrons. The molecule has 1 saturated carbocycles. The number of rotatable bonds is 5. The number of nitrogens with one attached hydrogen (secondary N) is 1. The number of halogens is 1. The summed E-state index contributed by atoms with van der Waals surface area (Å²) in [6.07, 6.45) is 7.17. The van der Waals surface area contributed by atoms with Gasteiger partial charge in [-0.3, -0.25) is 9.78 Å².